The molecule has 0 saturated heterocycles. The molecule has 0 saturated carbocycles. The first-order valence-electron chi connectivity index (χ1n) is 4.45. The van der Waals surface area contributed by atoms with Crippen molar-refractivity contribution < 1.29 is 9.90 Å². The van der Waals surface area contributed by atoms with E-state index in [1.165, 1.54) is 4.68 Å². The van der Waals surface area contributed by atoms with Crippen molar-refractivity contribution in [3.05, 3.63) is 28.6 Å². The van der Waals surface area contributed by atoms with Crippen LogP contribution >= 0.6 is 11.3 Å². The molecule has 0 aliphatic carbocycles. The number of nitrogens with zero attached hydrogens (tertiary/aromatic N) is 2. The zero-order valence-corrected chi connectivity index (χ0v) is 8.99. The number of carboxylic acid groups (broad SMARTS) is 1. The van der Waals surface area contributed by atoms with Gasteiger partial charge in [0.2, 0.25) is 0 Å². The second-order valence-electron chi connectivity index (χ2n) is 3.23. The molecule has 0 unspecified atom stereocenters. The van der Waals surface area contributed by atoms with Crippen molar-refractivity contribution >= 4 is 17.3 Å². The van der Waals surface area contributed by atoms with E-state index in [1.54, 1.807) is 11.3 Å². The molecule has 1 N–H and O–H groups in total. The van der Waals surface area contributed by atoms with E-state index in [0.29, 0.717) is 0 Å². The van der Waals surface area contributed by atoms with Crippen LogP contribution in [-0.2, 0) is 11.3 Å². The molecule has 2 rings (SSSR count). The Morgan fingerprint density at radius 3 is 3.07 bits per heavy atom. The van der Waals surface area contributed by atoms with Gasteiger partial charge in [0, 0.05) is 16.6 Å². The lowest BCUT2D eigenvalue weighted by Crippen LogP contribution is -2.11. The molecule has 15 heavy (non-hydrogen) atoms. The molecule has 2 heterocycles. The molecule has 4 nitrogen and oxygen atoms in total. The number of hydrogen-bond acceptors (Lipinski definition) is 3. The summed E-state index contributed by atoms with van der Waals surface area (Å²) in [5.74, 6) is -0.877. The van der Waals surface area contributed by atoms with Gasteiger partial charge in [-0.1, -0.05) is 0 Å². The standard InChI is InChI=1S/C10H10N2O2S/c1-7-4-9(8-2-3-15-6-8)11-12(7)5-10(13)14/h2-4,6H,5H2,1H3,(H,13,14). The van der Waals surface area contributed by atoms with Gasteiger partial charge < -0.3 is 5.11 Å². The summed E-state index contributed by atoms with van der Waals surface area (Å²) in [4.78, 5) is 10.6. The van der Waals surface area contributed by atoms with Gasteiger partial charge in [-0.3, -0.25) is 9.48 Å². The van der Waals surface area contributed by atoms with Crippen LogP contribution in [-0.4, -0.2) is 20.9 Å². The van der Waals surface area contributed by atoms with Crippen LogP contribution in [0, 0.1) is 6.92 Å². The third-order valence-electron chi connectivity index (χ3n) is 2.08. The van der Waals surface area contributed by atoms with Crippen molar-refractivity contribution in [1.82, 2.24) is 9.78 Å². The lowest BCUT2D eigenvalue weighted by Gasteiger charge is -1.97. The quantitative estimate of drug-likeness (QED) is 0.864. The highest BCUT2D eigenvalue weighted by Crippen LogP contribution is 2.21. The Hall–Kier alpha value is -1.62. The highest BCUT2D eigenvalue weighted by molar-refractivity contribution is 7.08. The Morgan fingerprint density at radius 1 is 1.67 bits per heavy atom. The summed E-state index contributed by atoms with van der Waals surface area (Å²) in [6, 6.07) is 3.86. The lowest BCUT2D eigenvalue weighted by molar-refractivity contribution is -0.137. The van der Waals surface area contributed by atoms with Crippen LogP contribution in [0.2, 0.25) is 0 Å². The zero-order valence-electron chi connectivity index (χ0n) is 8.17. The molecule has 78 valence electrons. The first-order chi connectivity index (χ1) is 7.16. The van der Waals surface area contributed by atoms with Crippen molar-refractivity contribution in [2.24, 2.45) is 0 Å². The first-order valence-corrected chi connectivity index (χ1v) is 5.40. The van der Waals surface area contributed by atoms with E-state index in [1.807, 2.05) is 29.8 Å². The predicted octanol–water partition coefficient (Wildman–Crippen LogP) is 2.00. The van der Waals surface area contributed by atoms with E-state index >= 15 is 0 Å². The predicted molar refractivity (Wildman–Crippen MR) is 57.9 cm³/mol. The normalized spacial score (nSPS) is 10.5. The minimum atomic E-state index is -0.877. The van der Waals surface area contributed by atoms with Gasteiger partial charge in [-0.2, -0.15) is 16.4 Å². The summed E-state index contributed by atoms with van der Waals surface area (Å²) >= 11 is 1.60. The van der Waals surface area contributed by atoms with Gasteiger partial charge in [-0.05, 0) is 24.4 Å². The maximum atomic E-state index is 10.6. The van der Waals surface area contributed by atoms with Crippen molar-refractivity contribution in [3.63, 3.8) is 0 Å². The van der Waals surface area contributed by atoms with Crippen LogP contribution < -0.4 is 0 Å². The highest BCUT2D eigenvalue weighted by Gasteiger charge is 2.08. The Kier molecular flexibility index (Phi) is 2.55. The van der Waals surface area contributed by atoms with Crippen LogP contribution in [0.25, 0.3) is 11.3 Å². The summed E-state index contributed by atoms with van der Waals surface area (Å²) in [6.45, 7) is 1.77. The fourth-order valence-electron chi connectivity index (χ4n) is 1.35. The lowest BCUT2D eigenvalue weighted by atomic mass is 10.2. The SMILES string of the molecule is Cc1cc(-c2ccsc2)nn1CC(=O)O. The summed E-state index contributed by atoms with van der Waals surface area (Å²) in [6.07, 6.45) is 0. The fourth-order valence-corrected chi connectivity index (χ4v) is 2.00. The Bertz CT molecular complexity index is 474. The van der Waals surface area contributed by atoms with Crippen LogP contribution in [0.4, 0.5) is 0 Å². The van der Waals surface area contributed by atoms with E-state index in [2.05, 4.69) is 5.10 Å². The molecule has 2 aromatic rings. The van der Waals surface area contributed by atoms with E-state index in [0.717, 1.165) is 17.0 Å². The average Bonchev–Trinajstić information content (AvgIpc) is 2.75. The van der Waals surface area contributed by atoms with Gasteiger partial charge in [0.25, 0.3) is 0 Å². The summed E-state index contributed by atoms with van der Waals surface area (Å²) < 4.78 is 1.50. The third kappa shape index (κ3) is 2.07. The molecule has 0 atom stereocenters. The molecular weight excluding hydrogens is 212 g/mol. The fraction of sp³-hybridized carbons (Fsp3) is 0.200. The number of carboxylic acids is 1. The second kappa shape index (κ2) is 3.86. The molecular formula is C10H10N2O2S. The number of carbonyl (C=O) groups is 1. The van der Waals surface area contributed by atoms with Crippen LogP contribution in [0.5, 0.6) is 0 Å². The maximum absolute atomic E-state index is 10.6. The van der Waals surface area contributed by atoms with Crippen molar-refractivity contribution in [1.29, 1.82) is 0 Å². The minimum absolute atomic E-state index is 0.0873. The molecule has 5 heteroatoms. The molecule has 2 aromatic heterocycles. The Morgan fingerprint density at radius 2 is 2.47 bits per heavy atom. The summed E-state index contributed by atoms with van der Waals surface area (Å²) in [7, 11) is 0. The second-order valence-corrected chi connectivity index (χ2v) is 4.01. The topological polar surface area (TPSA) is 55.1 Å². The number of hydrogen-bond donors (Lipinski definition) is 1. The van der Waals surface area contributed by atoms with Crippen LogP contribution in [0.1, 0.15) is 5.69 Å². The van der Waals surface area contributed by atoms with E-state index in [9.17, 15) is 4.79 Å². The summed E-state index contributed by atoms with van der Waals surface area (Å²) in [5, 5.41) is 16.9. The highest BCUT2D eigenvalue weighted by atomic mass is 32.1. The molecule has 0 aliphatic rings. The van der Waals surface area contributed by atoms with Crippen LogP contribution in [0.15, 0.2) is 22.9 Å². The zero-order chi connectivity index (χ0) is 10.8. The largest absolute Gasteiger partial charge is 0.480 e. The van der Waals surface area contributed by atoms with Crippen molar-refractivity contribution in [3.8, 4) is 11.3 Å². The van der Waals surface area contributed by atoms with E-state index in [-0.39, 0.29) is 6.54 Å². The number of aryl methyl sites for hydroxylation is 1. The molecule has 0 spiro atoms. The first kappa shape index (κ1) is 9.92. The molecule has 0 aromatic carbocycles. The smallest absolute Gasteiger partial charge is 0.325 e. The Balaban J connectivity index is 2.33. The number of thiophene rings is 1. The molecule has 0 bridgehead atoms. The number of rotatable bonds is 3. The van der Waals surface area contributed by atoms with Crippen molar-refractivity contribution in [2.45, 2.75) is 13.5 Å². The van der Waals surface area contributed by atoms with Gasteiger partial charge >= 0.3 is 5.97 Å². The minimum Gasteiger partial charge on any atom is -0.480 e. The summed E-state index contributed by atoms with van der Waals surface area (Å²) in [5.41, 5.74) is 2.72. The molecule has 0 radical (unpaired) electrons. The molecule has 0 amide bonds. The average molecular weight is 222 g/mol. The van der Waals surface area contributed by atoms with E-state index < -0.39 is 5.97 Å². The van der Waals surface area contributed by atoms with Crippen LogP contribution in [0.3, 0.4) is 0 Å². The molecule has 0 aliphatic heterocycles. The van der Waals surface area contributed by atoms with Crippen molar-refractivity contribution in [2.75, 3.05) is 0 Å². The monoisotopic (exact) mass is 222 g/mol. The van der Waals surface area contributed by atoms with Gasteiger partial charge in [0.1, 0.15) is 6.54 Å². The van der Waals surface area contributed by atoms with E-state index in [4.69, 9.17) is 5.11 Å². The number of aromatic nitrogens is 2. The van der Waals surface area contributed by atoms with Gasteiger partial charge in [0.15, 0.2) is 0 Å². The van der Waals surface area contributed by atoms with Gasteiger partial charge in [0.05, 0.1) is 5.69 Å². The molecule has 0 fully saturated rings. The van der Waals surface area contributed by atoms with Gasteiger partial charge in [-0.15, -0.1) is 0 Å². The maximum Gasteiger partial charge on any atom is 0.325 e. The number of aliphatic carboxylic acids is 1. The van der Waals surface area contributed by atoms with Gasteiger partial charge in [-0.25, -0.2) is 0 Å². The third-order valence-corrected chi connectivity index (χ3v) is 2.77. The Labute approximate surface area is 90.8 Å².